The number of aryl methyl sites for hydroxylation is 1. The molecular weight excluding hydrogens is 305 g/mol. The van der Waals surface area contributed by atoms with E-state index < -0.39 is 5.97 Å². The topological polar surface area (TPSA) is 68.0 Å². The molecule has 0 fully saturated rings. The van der Waals surface area contributed by atoms with Crippen LogP contribution in [0.15, 0.2) is 22.8 Å². The van der Waals surface area contributed by atoms with E-state index in [0.29, 0.717) is 21.4 Å². The van der Waals surface area contributed by atoms with E-state index in [2.05, 4.69) is 26.2 Å². The number of carboxylic acid groups (broad SMARTS) is 1. The zero-order valence-corrected chi connectivity index (χ0v) is 11.0. The van der Waals surface area contributed by atoms with E-state index in [-0.39, 0.29) is 12.2 Å². The predicted molar refractivity (Wildman–Crippen MR) is 65.1 cm³/mol. The van der Waals surface area contributed by atoms with Crippen molar-refractivity contribution in [3.8, 4) is 5.69 Å². The van der Waals surface area contributed by atoms with Crippen molar-refractivity contribution in [2.45, 2.75) is 13.3 Å². The van der Waals surface area contributed by atoms with Gasteiger partial charge in [0.1, 0.15) is 5.82 Å². The summed E-state index contributed by atoms with van der Waals surface area (Å²) in [6, 6.07) is 2.95. The Hall–Kier alpha value is -1.76. The number of halogens is 2. The quantitative estimate of drug-likeness (QED) is 0.942. The molecule has 0 saturated heterocycles. The SMILES string of the molecule is Cc1cc(F)c(Br)cc1-n1cc(CC(=O)O)nn1. The molecule has 0 atom stereocenters. The molecule has 0 unspecified atom stereocenters. The molecule has 2 rings (SSSR count). The van der Waals surface area contributed by atoms with Crippen molar-refractivity contribution < 1.29 is 14.3 Å². The third kappa shape index (κ3) is 2.56. The van der Waals surface area contributed by atoms with Crippen molar-refractivity contribution in [3.05, 3.63) is 39.9 Å². The molecule has 2 aromatic rings. The zero-order chi connectivity index (χ0) is 13.3. The minimum absolute atomic E-state index is 0.193. The first-order valence-corrected chi connectivity index (χ1v) is 5.85. The summed E-state index contributed by atoms with van der Waals surface area (Å²) >= 11 is 3.09. The Labute approximate surface area is 110 Å². The molecule has 5 nitrogen and oxygen atoms in total. The van der Waals surface area contributed by atoms with Crippen LogP contribution < -0.4 is 0 Å². The van der Waals surface area contributed by atoms with Gasteiger partial charge in [-0.15, -0.1) is 5.10 Å². The Balaban J connectivity index is 2.40. The molecule has 0 bridgehead atoms. The Bertz CT molecular complexity index is 612. The third-order valence-electron chi connectivity index (χ3n) is 2.36. The molecule has 1 N–H and O–H groups in total. The normalized spacial score (nSPS) is 10.6. The van der Waals surface area contributed by atoms with Gasteiger partial charge in [-0.25, -0.2) is 9.07 Å². The second-order valence-corrected chi connectivity index (χ2v) is 4.63. The average Bonchev–Trinajstić information content (AvgIpc) is 2.70. The molecular formula is C11H9BrFN3O2. The summed E-state index contributed by atoms with van der Waals surface area (Å²) in [5.41, 5.74) is 1.68. The number of carboxylic acids is 1. The molecule has 0 saturated carbocycles. The largest absolute Gasteiger partial charge is 0.481 e. The lowest BCUT2D eigenvalue weighted by Crippen LogP contribution is -2.00. The summed E-state index contributed by atoms with van der Waals surface area (Å²) < 4.78 is 15.0. The van der Waals surface area contributed by atoms with Gasteiger partial charge in [0.15, 0.2) is 0 Å². The fourth-order valence-corrected chi connectivity index (χ4v) is 1.87. The number of nitrogens with zero attached hydrogens (tertiary/aromatic N) is 3. The molecule has 0 amide bonds. The third-order valence-corrected chi connectivity index (χ3v) is 2.97. The molecule has 0 spiro atoms. The first-order chi connectivity index (χ1) is 8.47. The highest BCUT2D eigenvalue weighted by Crippen LogP contribution is 2.22. The number of aliphatic carboxylic acids is 1. The van der Waals surface area contributed by atoms with Crippen molar-refractivity contribution in [2.24, 2.45) is 0 Å². The van der Waals surface area contributed by atoms with E-state index in [4.69, 9.17) is 5.11 Å². The lowest BCUT2D eigenvalue weighted by atomic mass is 10.2. The molecule has 1 aromatic carbocycles. The minimum Gasteiger partial charge on any atom is -0.481 e. The maximum atomic E-state index is 13.3. The van der Waals surface area contributed by atoms with Gasteiger partial charge in [0.2, 0.25) is 0 Å². The van der Waals surface area contributed by atoms with E-state index >= 15 is 0 Å². The number of rotatable bonds is 3. The van der Waals surface area contributed by atoms with Crippen molar-refractivity contribution in [2.75, 3.05) is 0 Å². The fraction of sp³-hybridized carbons (Fsp3) is 0.182. The van der Waals surface area contributed by atoms with Gasteiger partial charge in [-0.1, -0.05) is 5.21 Å². The highest BCUT2D eigenvalue weighted by Gasteiger charge is 2.10. The van der Waals surface area contributed by atoms with Gasteiger partial charge in [-0.05, 0) is 40.5 Å². The van der Waals surface area contributed by atoms with Crippen LogP contribution in [0.5, 0.6) is 0 Å². The predicted octanol–water partition coefficient (Wildman–Crippen LogP) is 2.10. The molecule has 0 aliphatic carbocycles. The zero-order valence-electron chi connectivity index (χ0n) is 9.39. The minimum atomic E-state index is -0.973. The van der Waals surface area contributed by atoms with Crippen LogP contribution in [0.3, 0.4) is 0 Å². The van der Waals surface area contributed by atoms with Crippen LogP contribution in [0.1, 0.15) is 11.3 Å². The monoisotopic (exact) mass is 313 g/mol. The second kappa shape index (κ2) is 4.85. The molecule has 1 aromatic heterocycles. The van der Waals surface area contributed by atoms with Crippen LogP contribution in [0, 0.1) is 12.7 Å². The molecule has 7 heteroatoms. The first-order valence-electron chi connectivity index (χ1n) is 5.06. The van der Waals surface area contributed by atoms with Crippen LogP contribution in [0.2, 0.25) is 0 Å². The van der Waals surface area contributed by atoms with E-state index in [0.717, 1.165) is 0 Å². The summed E-state index contributed by atoms with van der Waals surface area (Å²) in [7, 11) is 0. The van der Waals surface area contributed by atoms with Gasteiger partial charge < -0.3 is 5.11 Å². The number of hydrogen-bond donors (Lipinski definition) is 1. The summed E-state index contributed by atoms with van der Waals surface area (Å²) in [6.45, 7) is 1.74. The van der Waals surface area contributed by atoms with Crippen molar-refractivity contribution in [1.82, 2.24) is 15.0 Å². The van der Waals surface area contributed by atoms with Gasteiger partial charge in [0.25, 0.3) is 0 Å². The van der Waals surface area contributed by atoms with E-state index in [1.165, 1.54) is 16.9 Å². The Morgan fingerprint density at radius 3 is 2.94 bits per heavy atom. The van der Waals surface area contributed by atoms with Crippen molar-refractivity contribution >= 4 is 21.9 Å². The lowest BCUT2D eigenvalue weighted by Gasteiger charge is -2.06. The van der Waals surface area contributed by atoms with Crippen LogP contribution in [0.25, 0.3) is 5.69 Å². The Morgan fingerprint density at radius 1 is 1.56 bits per heavy atom. The molecule has 94 valence electrons. The van der Waals surface area contributed by atoms with Gasteiger partial charge in [-0.2, -0.15) is 0 Å². The highest BCUT2D eigenvalue weighted by atomic mass is 79.9. The van der Waals surface area contributed by atoms with Crippen LogP contribution in [-0.2, 0) is 11.2 Å². The molecule has 18 heavy (non-hydrogen) atoms. The highest BCUT2D eigenvalue weighted by molar-refractivity contribution is 9.10. The Morgan fingerprint density at radius 2 is 2.28 bits per heavy atom. The maximum absolute atomic E-state index is 13.3. The van der Waals surface area contributed by atoms with E-state index in [1.54, 1.807) is 13.0 Å². The molecule has 0 aliphatic rings. The second-order valence-electron chi connectivity index (χ2n) is 3.78. The summed E-state index contributed by atoms with van der Waals surface area (Å²) in [5, 5.41) is 16.2. The van der Waals surface area contributed by atoms with Crippen molar-refractivity contribution in [3.63, 3.8) is 0 Å². The summed E-state index contributed by atoms with van der Waals surface area (Å²) in [5.74, 6) is -1.33. The molecule has 0 radical (unpaired) electrons. The first kappa shape index (κ1) is 12.7. The fourth-order valence-electron chi connectivity index (χ4n) is 1.53. The number of hydrogen-bond acceptors (Lipinski definition) is 3. The number of benzene rings is 1. The Kier molecular flexibility index (Phi) is 3.42. The molecule has 0 aliphatic heterocycles. The average molecular weight is 314 g/mol. The molecule has 1 heterocycles. The van der Waals surface area contributed by atoms with E-state index in [1.807, 2.05) is 0 Å². The summed E-state index contributed by atoms with van der Waals surface area (Å²) in [6.07, 6.45) is 1.32. The van der Waals surface area contributed by atoms with Gasteiger partial charge >= 0.3 is 5.97 Å². The van der Waals surface area contributed by atoms with Crippen molar-refractivity contribution in [1.29, 1.82) is 0 Å². The summed E-state index contributed by atoms with van der Waals surface area (Å²) in [4.78, 5) is 10.5. The van der Waals surface area contributed by atoms with Gasteiger partial charge in [0.05, 0.1) is 28.5 Å². The smallest absolute Gasteiger partial charge is 0.309 e. The standard InChI is InChI=1S/C11H9BrFN3O2/c1-6-2-9(13)8(12)4-10(6)16-5-7(14-15-16)3-11(17)18/h2,4-5H,3H2,1H3,(H,17,18). The van der Waals surface area contributed by atoms with Gasteiger partial charge in [-0.3, -0.25) is 4.79 Å². The number of carbonyl (C=O) groups is 1. The van der Waals surface area contributed by atoms with Crippen LogP contribution in [-0.4, -0.2) is 26.1 Å². The van der Waals surface area contributed by atoms with Gasteiger partial charge in [0, 0.05) is 0 Å². The van der Waals surface area contributed by atoms with Crippen LogP contribution >= 0.6 is 15.9 Å². The van der Waals surface area contributed by atoms with E-state index in [9.17, 15) is 9.18 Å². The lowest BCUT2D eigenvalue weighted by molar-refractivity contribution is -0.136. The van der Waals surface area contributed by atoms with Crippen LogP contribution in [0.4, 0.5) is 4.39 Å². The maximum Gasteiger partial charge on any atom is 0.309 e. The number of aromatic nitrogens is 3.